The first kappa shape index (κ1) is 29.6. The maximum Gasteiger partial charge on any atom is 0.416 e. The first-order valence-electron chi connectivity index (χ1n) is 12.5. The molecule has 1 fully saturated rings. The lowest BCUT2D eigenvalue weighted by Gasteiger charge is -2.41. The molecule has 1 aliphatic rings. The average molecular weight is 554 g/mol. The monoisotopic (exact) mass is 553 g/mol. The van der Waals surface area contributed by atoms with E-state index in [2.05, 4.69) is 29.4 Å². The van der Waals surface area contributed by atoms with Gasteiger partial charge in [0.1, 0.15) is 6.42 Å². The highest BCUT2D eigenvalue weighted by Gasteiger charge is 2.37. The van der Waals surface area contributed by atoms with Crippen LogP contribution in [0.15, 0.2) is 59.5 Å². The van der Waals surface area contributed by atoms with Gasteiger partial charge in [-0.1, -0.05) is 18.2 Å². The van der Waals surface area contributed by atoms with Crippen LogP contribution in [0.3, 0.4) is 0 Å². The molecular formula is C27H34F3N3O4S. The lowest BCUT2D eigenvalue weighted by atomic mass is 9.81. The third-order valence-electron chi connectivity index (χ3n) is 7.06. The fourth-order valence-electron chi connectivity index (χ4n) is 4.74. The van der Waals surface area contributed by atoms with Crippen molar-refractivity contribution >= 4 is 27.3 Å². The molecule has 7 nitrogen and oxygen atoms in total. The maximum atomic E-state index is 13.1. The van der Waals surface area contributed by atoms with Crippen molar-refractivity contribution in [2.75, 3.05) is 18.1 Å². The van der Waals surface area contributed by atoms with Gasteiger partial charge in [0.15, 0.2) is 9.84 Å². The summed E-state index contributed by atoms with van der Waals surface area (Å²) in [7, 11) is -1.59. The summed E-state index contributed by atoms with van der Waals surface area (Å²) in [4.78, 5) is 27.6. The van der Waals surface area contributed by atoms with E-state index in [1.807, 2.05) is 7.05 Å². The quantitative estimate of drug-likeness (QED) is 0.446. The Morgan fingerprint density at radius 1 is 1.00 bits per heavy atom. The zero-order valence-electron chi connectivity index (χ0n) is 21.7. The van der Waals surface area contributed by atoms with Gasteiger partial charge in [-0.2, -0.15) is 13.2 Å². The van der Waals surface area contributed by atoms with E-state index >= 15 is 0 Å². The fourth-order valence-corrected chi connectivity index (χ4v) is 6.46. The Hall–Kier alpha value is -2.92. The van der Waals surface area contributed by atoms with Crippen molar-refractivity contribution in [3.8, 4) is 0 Å². The van der Waals surface area contributed by atoms with E-state index < -0.39 is 45.9 Å². The molecule has 1 saturated carbocycles. The van der Waals surface area contributed by atoms with E-state index in [0.29, 0.717) is 12.8 Å². The minimum atomic E-state index is -4.49. The summed E-state index contributed by atoms with van der Waals surface area (Å²) < 4.78 is 64.4. The average Bonchev–Trinajstić information content (AvgIpc) is 2.84. The number of carbonyl (C=O) groups excluding carboxylic acids is 2. The molecule has 208 valence electrons. The number of sulfone groups is 1. The molecule has 0 aliphatic heterocycles. The summed E-state index contributed by atoms with van der Waals surface area (Å²) in [5.74, 6) is -1.71. The zero-order chi connectivity index (χ0) is 28.1. The van der Waals surface area contributed by atoms with Crippen LogP contribution >= 0.6 is 0 Å². The molecule has 11 heteroatoms. The van der Waals surface area contributed by atoms with E-state index in [-0.39, 0.29) is 34.3 Å². The Bertz CT molecular complexity index is 1200. The molecule has 1 aliphatic carbocycles. The summed E-state index contributed by atoms with van der Waals surface area (Å²) in [6, 6.07) is 12.0. The largest absolute Gasteiger partial charge is 0.416 e. The molecule has 3 rings (SSSR count). The van der Waals surface area contributed by atoms with E-state index in [1.54, 1.807) is 30.3 Å². The van der Waals surface area contributed by atoms with Crippen molar-refractivity contribution in [2.45, 2.75) is 68.7 Å². The molecule has 2 amide bonds. The number of hydrogen-bond donors (Lipinski definition) is 2. The van der Waals surface area contributed by atoms with Crippen molar-refractivity contribution in [2.24, 2.45) is 5.92 Å². The third-order valence-corrected chi connectivity index (χ3v) is 8.91. The molecule has 2 aromatic rings. The number of rotatable bonds is 9. The van der Waals surface area contributed by atoms with Crippen LogP contribution in [-0.2, 0) is 25.6 Å². The van der Waals surface area contributed by atoms with E-state index in [1.165, 1.54) is 0 Å². The number of anilines is 1. The SMILES string of the molecule is CC(C)N(C)[C@H]1CC[C@@H](CS(=O)(=O)c2ccccc2)[C@@H](NC(=O)CC(=O)Nc2ccc(C(F)(F)F)cc2)C1. The summed E-state index contributed by atoms with van der Waals surface area (Å²) in [5.41, 5.74) is -0.707. The highest BCUT2D eigenvalue weighted by molar-refractivity contribution is 7.91. The van der Waals surface area contributed by atoms with Crippen LogP contribution in [0.2, 0.25) is 0 Å². The molecular weight excluding hydrogens is 519 g/mol. The van der Waals surface area contributed by atoms with E-state index in [4.69, 9.17) is 0 Å². The summed E-state index contributed by atoms with van der Waals surface area (Å²) in [5, 5.41) is 5.30. The standard InChI is InChI=1S/C27H34F3N3O4S/c1-18(2)33(3)22-14-9-19(17-38(36,37)23-7-5-4-6-8-23)24(15-22)32-26(35)16-25(34)31-21-12-10-20(11-13-21)27(28,29)30/h4-8,10-13,18-19,22,24H,9,14-17H2,1-3H3,(H,31,34)(H,32,35)/t19-,22-,24-/m0/s1. The Balaban J connectivity index is 1.67. The van der Waals surface area contributed by atoms with Crippen LogP contribution in [-0.4, -0.2) is 56.1 Å². The van der Waals surface area contributed by atoms with Gasteiger partial charge in [-0.15, -0.1) is 0 Å². The fraction of sp³-hybridized carbons (Fsp3) is 0.481. The molecule has 3 atom stereocenters. The van der Waals surface area contributed by atoms with E-state index in [0.717, 1.165) is 30.7 Å². The van der Waals surface area contributed by atoms with Gasteiger partial charge in [0.2, 0.25) is 11.8 Å². The van der Waals surface area contributed by atoms with Crippen LogP contribution in [0.4, 0.5) is 18.9 Å². The first-order valence-corrected chi connectivity index (χ1v) is 14.2. The molecule has 38 heavy (non-hydrogen) atoms. The number of benzene rings is 2. The Morgan fingerprint density at radius 2 is 1.63 bits per heavy atom. The number of nitrogens with zero attached hydrogens (tertiary/aromatic N) is 1. The molecule has 2 aromatic carbocycles. The van der Waals surface area contributed by atoms with Crippen LogP contribution in [0.25, 0.3) is 0 Å². The summed E-state index contributed by atoms with van der Waals surface area (Å²) in [6.45, 7) is 4.12. The van der Waals surface area contributed by atoms with Gasteiger partial charge >= 0.3 is 6.18 Å². The van der Waals surface area contributed by atoms with Crippen molar-refractivity contribution in [3.63, 3.8) is 0 Å². The maximum absolute atomic E-state index is 13.1. The number of carbonyl (C=O) groups is 2. The molecule has 0 spiro atoms. The van der Waals surface area contributed by atoms with E-state index in [9.17, 15) is 31.2 Å². The Labute approximate surface area is 221 Å². The predicted molar refractivity (Wildman–Crippen MR) is 139 cm³/mol. The van der Waals surface area contributed by atoms with Crippen LogP contribution in [0, 0.1) is 5.92 Å². The van der Waals surface area contributed by atoms with Crippen molar-refractivity contribution in [1.82, 2.24) is 10.2 Å². The molecule has 0 radical (unpaired) electrons. The van der Waals surface area contributed by atoms with Gasteiger partial charge in [0, 0.05) is 23.8 Å². The topological polar surface area (TPSA) is 95.6 Å². The van der Waals surface area contributed by atoms with Gasteiger partial charge in [0.25, 0.3) is 0 Å². The van der Waals surface area contributed by atoms with Gasteiger partial charge in [-0.25, -0.2) is 8.42 Å². The lowest BCUT2D eigenvalue weighted by Crippen LogP contribution is -2.52. The third kappa shape index (κ3) is 8.04. The molecule has 0 saturated heterocycles. The smallest absolute Gasteiger partial charge is 0.353 e. The highest BCUT2D eigenvalue weighted by atomic mass is 32.2. The molecule has 0 heterocycles. The normalized spacial score (nSPS) is 20.4. The van der Waals surface area contributed by atoms with Crippen LogP contribution < -0.4 is 10.6 Å². The van der Waals surface area contributed by atoms with Crippen molar-refractivity contribution in [1.29, 1.82) is 0 Å². The minimum Gasteiger partial charge on any atom is -0.353 e. The van der Waals surface area contributed by atoms with Gasteiger partial charge < -0.3 is 15.5 Å². The number of nitrogens with one attached hydrogen (secondary N) is 2. The second-order valence-electron chi connectivity index (χ2n) is 10.1. The lowest BCUT2D eigenvalue weighted by molar-refractivity contribution is -0.137. The summed E-state index contributed by atoms with van der Waals surface area (Å²) in [6.07, 6.45) is -3.12. The minimum absolute atomic E-state index is 0.127. The number of alkyl halides is 3. The highest BCUT2D eigenvalue weighted by Crippen LogP contribution is 2.32. The zero-order valence-corrected chi connectivity index (χ0v) is 22.5. The second-order valence-corrected chi connectivity index (χ2v) is 12.1. The Kier molecular flexibility index (Phi) is 9.59. The van der Waals surface area contributed by atoms with Crippen LogP contribution in [0.1, 0.15) is 45.1 Å². The number of hydrogen-bond acceptors (Lipinski definition) is 5. The summed E-state index contributed by atoms with van der Waals surface area (Å²) >= 11 is 0. The second kappa shape index (κ2) is 12.3. The van der Waals surface area contributed by atoms with Gasteiger partial charge in [-0.05, 0) is 82.5 Å². The molecule has 0 bridgehead atoms. The Morgan fingerprint density at radius 3 is 2.21 bits per heavy atom. The molecule has 0 unspecified atom stereocenters. The molecule has 2 N–H and O–H groups in total. The molecule has 0 aromatic heterocycles. The number of amides is 2. The predicted octanol–water partition coefficient (Wildman–Crippen LogP) is 4.50. The van der Waals surface area contributed by atoms with Crippen molar-refractivity contribution < 1.29 is 31.2 Å². The first-order chi connectivity index (χ1) is 17.8. The van der Waals surface area contributed by atoms with Crippen LogP contribution in [0.5, 0.6) is 0 Å². The number of halogens is 3. The van der Waals surface area contributed by atoms with Crippen molar-refractivity contribution in [3.05, 3.63) is 60.2 Å². The van der Waals surface area contributed by atoms with Gasteiger partial charge in [-0.3, -0.25) is 9.59 Å². The van der Waals surface area contributed by atoms with Gasteiger partial charge in [0.05, 0.1) is 16.2 Å².